The lowest BCUT2D eigenvalue weighted by molar-refractivity contribution is 0.187. The van der Waals surface area contributed by atoms with Crippen molar-refractivity contribution < 1.29 is 0 Å². The van der Waals surface area contributed by atoms with Gasteiger partial charge < -0.3 is 5.73 Å². The van der Waals surface area contributed by atoms with Crippen LogP contribution in [0, 0.1) is 5.92 Å². The second-order valence-corrected chi connectivity index (χ2v) is 4.86. The largest absolute Gasteiger partial charge is 0.330 e. The van der Waals surface area contributed by atoms with Crippen LogP contribution in [0.1, 0.15) is 46.5 Å². The van der Waals surface area contributed by atoms with Gasteiger partial charge in [0.1, 0.15) is 0 Å². The van der Waals surface area contributed by atoms with Crippen LogP contribution in [0.15, 0.2) is 0 Å². The second-order valence-electron chi connectivity index (χ2n) is 4.86. The molecule has 2 heteroatoms. The molecule has 1 rings (SSSR count). The minimum Gasteiger partial charge on any atom is -0.330 e. The van der Waals surface area contributed by atoms with Crippen molar-refractivity contribution in [1.82, 2.24) is 4.90 Å². The Bertz CT molecular complexity index is 158. The zero-order chi connectivity index (χ0) is 10.6. The van der Waals surface area contributed by atoms with E-state index in [4.69, 9.17) is 5.73 Å². The fourth-order valence-electron chi connectivity index (χ4n) is 2.45. The zero-order valence-corrected chi connectivity index (χ0v) is 10.00. The van der Waals surface area contributed by atoms with Crippen LogP contribution in [0.25, 0.3) is 0 Å². The average Bonchev–Trinajstić information content (AvgIpc) is 2.55. The molecule has 1 fully saturated rings. The molecular weight excluding hydrogens is 172 g/mol. The van der Waals surface area contributed by atoms with Gasteiger partial charge in [-0.15, -0.1) is 0 Å². The maximum absolute atomic E-state index is 5.64. The third-order valence-corrected chi connectivity index (χ3v) is 3.71. The predicted molar refractivity (Wildman–Crippen MR) is 62.3 cm³/mol. The number of likely N-dealkylation sites (tertiary alicyclic amines) is 1. The molecule has 1 aliphatic rings. The molecular formula is C12H26N2. The van der Waals surface area contributed by atoms with E-state index in [0.717, 1.165) is 18.6 Å². The molecule has 1 heterocycles. The van der Waals surface area contributed by atoms with Crippen molar-refractivity contribution in [2.45, 2.75) is 58.5 Å². The van der Waals surface area contributed by atoms with Crippen molar-refractivity contribution in [3.8, 4) is 0 Å². The summed E-state index contributed by atoms with van der Waals surface area (Å²) in [7, 11) is 0. The number of hydrogen-bond acceptors (Lipinski definition) is 2. The Hall–Kier alpha value is -0.0800. The minimum atomic E-state index is 0.681. The van der Waals surface area contributed by atoms with Crippen LogP contribution >= 0.6 is 0 Å². The molecule has 0 amide bonds. The molecule has 1 aliphatic heterocycles. The Morgan fingerprint density at radius 1 is 1.43 bits per heavy atom. The minimum absolute atomic E-state index is 0.681. The SMILES string of the molecule is CCC1CCC(C)N1CCC(C)CN. The van der Waals surface area contributed by atoms with E-state index in [1.54, 1.807) is 0 Å². The van der Waals surface area contributed by atoms with Crippen LogP contribution < -0.4 is 5.73 Å². The molecule has 0 aromatic heterocycles. The summed E-state index contributed by atoms with van der Waals surface area (Å²) in [5.74, 6) is 0.681. The quantitative estimate of drug-likeness (QED) is 0.734. The highest BCUT2D eigenvalue weighted by atomic mass is 15.2. The lowest BCUT2D eigenvalue weighted by atomic mass is 10.1. The topological polar surface area (TPSA) is 29.3 Å². The molecule has 0 bridgehead atoms. The molecule has 2 N–H and O–H groups in total. The van der Waals surface area contributed by atoms with Crippen LogP contribution in [0.3, 0.4) is 0 Å². The zero-order valence-electron chi connectivity index (χ0n) is 10.00. The van der Waals surface area contributed by atoms with Gasteiger partial charge in [0.2, 0.25) is 0 Å². The normalized spacial score (nSPS) is 30.9. The van der Waals surface area contributed by atoms with Gasteiger partial charge in [-0.1, -0.05) is 13.8 Å². The summed E-state index contributed by atoms with van der Waals surface area (Å²) in [4.78, 5) is 2.69. The van der Waals surface area contributed by atoms with E-state index in [2.05, 4.69) is 25.7 Å². The molecule has 0 radical (unpaired) electrons. The van der Waals surface area contributed by atoms with Crippen molar-refractivity contribution in [3.63, 3.8) is 0 Å². The number of hydrogen-bond donors (Lipinski definition) is 1. The van der Waals surface area contributed by atoms with Gasteiger partial charge in [-0.3, -0.25) is 4.90 Å². The maximum Gasteiger partial charge on any atom is 0.00960 e. The summed E-state index contributed by atoms with van der Waals surface area (Å²) in [5, 5.41) is 0. The lowest BCUT2D eigenvalue weighted by Crippen LogP contribution is -2.36. The summed E-state index contributed by atoms with van der Waals surface area (Å²) in [5.41, 5.74) is 5.64. The van der Waals surface area contributed by atoms with E-state index in [1.165, 1.54) is 32.2 Å². The van der Waals surface area contributed by atoms with Crippen LogP contribution in [0.2, 0.25) is 0 Å². The molecule has 0 aliphatic carbocycles. The third-order valence-electron chi connectivity index (χ3n) is 3.71. The Morgan fingerprint density at radius 2 is 2.14 bits per heavy atom. The van der Waals surface area contributed by atoms with Crippen molar-refractivity contribution in [3.05, 3.63) is 0 Å². The number of nitrogens with zero attached hydrogens (tertiary/aromatic N) is 1. The lowest BCUT2D eigenvalue weighted by Gasteiger charge is -2.28. The van der Waals surface area contributed by atoms with Crippen molar-refractivity contribution in [2.75, 3.05) is 13.1 Å². The van der Waals surface area contributed by atoms with E-state index in [1.807, 2.05) is 0 Å². The molecule has 2 nitrogen and oxygen atoms in total. The Kier molecular flexibility index (Phi) is 4.90. The second kappa shape index (κ2) is 5.72. The summed E-state index contributed by atoms with van der Waals surface area (Å²) in [6.07, 6.45) is 5.35. The van der Waals surface area contributed by atoms with Gasteiger partial charge in [0, 0.05) is 12.1 Å². The monoisotopic (exact) mass is 198 g/mol. The van der Waals surface area contributed by atoms with Crippen LogP contribution in [-0.2, 0) is 0 Å². The fraction of sp³-hybridized carbons (Fsp3) is 1.00. The van der Waals surface area contributed by atoms with Gasteiger partial charge in [-0.05, 0) is 51.6 Å². The molecule has 1 saturated heterocycles. The van der Waals surface area contributed by atoms with Crippen molar-refractivity contribution in [2.24, 2.45) is 11.7 Å². The van der Waals surface area contributed by atoms with Crippen LogP contribution in [-0.4, -0.2) is 30.1 Å². The van der Waals surface area contributed by atoms with Crippen LogP contribution in [0.5, 0.6) is 0 Å². The summed E-state index contributed by atoms with van der Waals surface area (Å²) < 4.78 is 0. The van der Waals surface area contributed by atoms with E-state index in [0.29, 0.717) is 5.92 Å². The maximum atomic E-state index is 5.64. The highest BCUT2D eigenvalue weighted by molar-refractivity contribution is 4.84. The van der Waals surface area contributed by atoms with Gasteiger partial charge in [0.05, 0.1) is 0 Å². The van der Waals surface area contributed by atoms with E-state index in [-0.39, 0.29) is 0 Å². The van der Waals surface area contributed by atoms with Crippen LogP contribution in [0.4, 0.5) is 0 Å². The first-order chi connectivity index (χ1) is 6.69. The molecule has 3 atom stereocenters. The molecule has 84 valence electrons. The van der Waals surface area contributed by atoms with Gasteiger partial charge in [0.25, 0.3) is 0 Å². The smallest absolute Gasteiger partial charge is 0.00960 e. The molecule has 0 aromatic rings. The predicted octanol–water partition coefficient (Wildman–Crippen LogP) is 2.23. The highest BCUT2D eigenvalue weighted by Crippen LogP contribution is 2.26. The Morgan fingerprint density at radius 3 is 2.71 bits per heavy atom. The van der Waals surface area contributed by atoms with Crippen molar-refractivity contribution in [1.29, 1.82) is 0 Å². The number of nitrogens with two attached hydrogens (primary N) is 1. The summed E-state index contributed by atoms with van der Waals surface area (Å²) >= 11 is 0. The van der Waals surface area contributed by atoms with Gasteiger partial charge >= 0.3 is 0 Å². The first-order valence-electron chi connectivity index (χ1n) is 6.14. The summed E-state index contributed by atoms with van der Waals surface area (Å²) in [6, 6.07) is 1.64. The summed E-state index contributed by atoms with van der Waals surface area (Å²) in [6.45, 7) is 9.00. The highest BCUT2D eigenvalue weighted by Gasteiger charge is 2.28. The molecule has 0 saturated carbocycles. The molecule has 0 aromatic carbocycles. The molecule has 3 unspecified atom stereocenters. The fourth-order valence-corrected chi connectivity index (χ4v) is 2.45. The Balaban J connectivity index is 2.33. The average molecular weight is 198 g/mol. The first kappa shape index (κ1) is 12.0. The van der Waals surface area contributed by atoms with Gasteiger partial charge in [-0.25, -0.2) is 0 Å². The molecule has 14 heavy (non-hydrogen) atoms. The number of rotatable bonds is 5. The van der Waals surface area contributed by atoms with Crippen molar-refractivity contribution >= 4 is 0 Å². The standard InChI is InChI=1S/C12H26N2/c1-4-12-6-5-11(3)14(12)8-7-10(2)9-13/h10-12H,4-9,13H2,1-3H3. The Labute approximate surface area is 88.8 Å². The van der Waals surface area contributed by atoms with E-state index < -0.39 is 0 Å². The van der Waals surface area contributed by atoms with E-state index >= 15 is 0 Å². The van der Waals surface area contributed by atoms with Gasteiger partial charge in [-0.2, -0.15) is 0 Å². The third kappa shape index (κ3) is 2.96. The molecule has 0 spiro atoms. The van der Waals surface area contributed by atoms with Gasteiger partial charge in [0.15, 0.2) is 0 Å². The van der Waals surface area contributed by atoms with E-state index in [9.17, 15) is 0 Å². The first-order valence-corrected chi connectivity index (χ1v) is 6.14.